The summed E-state index contributed by atoms with van der Waals surface area (Å²) in [6, 6.07) is 14.6. The first kappa shape index (κ1) is 14.4. The van der Waals surface area contributed by atoms with Gasteiger partial charge in [-0.25, -0.2) is 0 Å². The third kappa shape index (κ3) is 3.75. The fraction of sp³-hybridized carbons (Fsp3) is 0.188. The SMILES string of the molecule is Cc1ccc(Cl)cc1OC(C)C(=O)Nc1ccccc1. The molecule has 4 heteroatoms. The summed E-state index contributed by atoms with van der Waals surface area (Å²) in [7, 11) is 0. The van der Waals surface area contributed by atoms with Crippen molar-refractivity contribution in [2.75, 3.05) is 5.32 Å². The topological polar surface area (TPSA) is 38.3 Å². The van der Waals surface area contributed by atoms with Gasteiger partial charge in [-0.3, -0.25) is 4.79 Å². The minimum atomic E-state index is -0.604. The van der Waals surface area contributed by atoms with Gasteiger partial charge in [0.25, 0.3) is 5.91 Å². The molecule has 1 amide bonds. The number of nitrogens with one attached hydrogen (secondary N) is 1. The van der Waals surface area contributed by atoms with E-state index in [9.17, 15) is 4.79 Å². The molecule has 2 rings (SSSR count). The van der Waals surface area contributed by atoms with Crippen LogP contribution >= 0.6 is 11.6 Å². The fourth-order valence-electron chi connectivity index (χ4n) is 1.71. The van der Waals surface area contributed by atoms with Gasteiger partial charge in [0.2, 0.25) is 0 Å². The number of aryl methyl sites for hydroxylation is 1. The molecule has 0 aliphatic carbocycles. The second kappa shape index (κ2) is 6.44. The van der Waals surface area contributed by atoms with Crippen LogP contribution in [0.5, 0.6) is 5.75 Å². The van der Waals surface area contributed by atoms with Crippen molar-refractivity contribution in [2.24, 2.45) is 0 Å². The molecule has 1 atom stereocenters. The van der Waals surface area contributed by atoms with Crippen LogP contribution < -0.4 is 10.1 Å². The van der Waals surface area contributed by atoms with Crippen LogP contribution in [-0.4, -0.2) is 12.0 Å². The van der Waals surface area contributed by atoms with Crippen LogP contribution in [-0.2, 0) is 4.79 Å². The molecule has 0 fully saturated rings. The molecule has 0 heterocycles. The Morgan fingerprint density at radius 3 is 2.60 bits per heavy atom. The highest BCUT2D eigenvalue weighted by Gasteiger charge is 2.15. The van der Waals surface area contributed by atoms with E-state index >= 15 is 0 Å². The molecule has 0 saturated heterocycles. The zero-order valence-corrected chi connectivity index (χ0v) is 12.1. The number of carbonyl (C=O) groups is 1. The summed E-state index contributed by atoms with van der Waals surface area (Å²) < 4.78 is 5.66. The number of rotatable bonds is 4. The number of carbonyl (C=O) groups excluding carboxylic acids is 1. The Morgan fingerprint density at radius 2 is 1.90 bits per heavy atom. The van der Waals surface area contributed by atoms with Crippen molar-refractivity contribution in [1.29, 1.82) is 0 Å². The molecule has 2 aromatic carbocycles. The van der Waals surface area contributed by atoms with Gasteiger partial charge in [0.15, 0.2) is 6.10 Å². The number of hydrogen-bond acceptors (Lipinski definition) is 2. The average Bonchev–Trinajstić information content (AvgIpc) is 2.44. The zero-order chi connectivity index (χ0) is 14.5. The molecule has 20 heavy (non-hydrogen) atoms. The Hall–Kier alpha value is -2.00. The molecule has 0 spiro atoms. The molecular weight excluding hydrogens is 274 g/mol. The first-order chi connectivity index (χ1) is 9.56. The van der Waals surface area contributed by atoms with Crippen LogP contribution in [0.25, 0.3) is 0 Å². The highest BCUT2D eigenvalue weighted by Crippen LogP contribution is 2.23. The van der Waals surface area contributed by atoms with E-state index in [0.717, 1.165) is 11.3 Å². The second-order valence-electron chi connectivity index (χ2n) is 4.53. The molecule has 3 nitrogen and oxygen atoms in total. The maximum Gasteiger partial charge on any atom is 0.265 e. The Bertz CT molecular complexity index is 599. The third-order valence-electron chi connectivity index (χ3n) is 2.86. The Kier molecular flexibility index (Phi) is 4.64. The summed E-state index contributed by atoms with van der Waals surface area (Å²) in [4.78, 5) is 12.0. The molecule has 104 valence electrons. The lowest BCUT2D eigenvalue weighted by atomic mass is 10.2. The minimum absolute atomic E-state index is 0.199. The van der Waals surface area contributed by atoms with Gasteiger partial charge in [0, 0.05) is 10.7 Å². The fourth-order valence-corrected chi connectivity index (χ4v) is 1.87. The predicted octanol–water partition coefficient (Wildman–Crippen LogP) is 4.05. The number of anilines is 1. The summed E-state index contributed by atoms with van der Waals surface area (Å²) in [6.45, 7) is 3.62. The predicted molar refractivity (Wildman–Crippen MR) is 81.4 cm³/mol. The van der Waals surface area contributed by atoms with E-state index in [-0.39, 0.29) is 5.91 Å². The first-order valence-corrected chi connectivity index (χ1v) is 6.73. The average molecular weight is 290 g/mol. The van der Waals surface area contributed by atoms with Crippen molar-refractivity contribution in [3.63, 3.8) is 0 Å². The molecule has 1 unspecified atom stereocenters. The lowest BCUT2D eigenvalue weighted by molar-refractivity contribution is -0.122. The quantitative estimate of drug-likeness (QED) is 0.922. The normalized spacial score (nSPS) is 11.8. The first-order valence-electron chi connectivity index (χ1n) is 6.35. The van der Waals surface area contributed by atoms with E-state index < -0.39 is 6.10 Å². The van der Waals surface area contributed by atoms with Gasteiger partial charge in [0.05, 0.1) is 0 Å². The summed E-state index contributed by atoms with van der Waals surface area (Å²) in [5.41, 5.74) is 1.68. The van der Waals surface area contributed by atoms with Crippen LogP contribution in [0.4, 0.5) is 5.69 Å². The van der Waals surface area contributed by atoms with Gasteiger partial charge in [-0.2, -0.15) is 0 Å². The number of halogens is 1. The number of para-hydroxylation sites is 1. The number of benzene rings is 2. The van der Waals surface area contributed by atoms with E-state index in [0.29, 0.717) is 10.8 Å². The maximum atomic E-state index is 12.0. The van der Waals surface area contributed by atoms with Crippen LogP contribution in [0.15, 0.2) is 48.5 Å². The molecule has 0 saturated carbocycles. The van der Waals surface area contributed by atoms with Crippen molar-refractivity contribution in [3.8, 4) is 5.75 Å². The molecule has 0 aliphatic heterocycles. The Balaban J connectivity index is 2.02. The van der Waals surface area contributed by atoms with Gasteiger partial charge in [-0.15, -0.1) is 0 Å². The molecule has 2 aromatic rings. The van der Waals surface area contributed by atoms with E-state index in [1.165, 1.54) is 0 Å². The molecule has 0 aliphatic rings. The molecule has 0 aromatic heterocycles. The Morgan fingerprint density at radius 1 is 1.20 bits per heavy atom. The Labute approximate surface area is 123 Å². The van der Waals surface area contributed by atoms with Gasteiger partial charge in [-0.1, -0.05) is 35.9 Å². The van der Waals surface area contributed by atoms with E-state index in [1.54, 1.807) is 19.1 Å². The van der Waals surface area contributed by atoms with Gasteiger partial charge in [-0.05, 0) is 43.7 Å². The second-order valence-corrected chi connectivity index (χ2v) is 4.96. The summed E-state index contributed by atoms with van der Waals surface area (Å²) in [5.74, 6) is 0.420. The summed E-state index contributed by atoms with van der Waals surface area (Å²) in [6.07, 6.45) is -0.604. The van der Waals surface area contributed by atoms with Crippen molar-refractivity contribution < 1.29 is 9.53 Å². The van der Waals surface area contributed by atoms with E-state index in [1.807, 2.05) is 43.3 Å². The smallest absolute Gasteiger partial charge is 0.265 e. The molecular formula is C16H16ClNO2. The van der Waals surface area contributed by atoms with Gasteiger partial charge < -0.3 is 10.1 Å². The number of hydrogen-bond donors (Lipinski definition) is 1. The molecule has 0 bridgehead atoms. The zero-order valence-electron chi connectivity index (χ0n) is 11.4. The minimum Gasteiger partial charge on any atom is -0.481 e. The number of ether oxygens (including phenoxy) is 1. The maximum absolute atomic E-state index is 12.0. The van der Waals surface area contributed by atoms with Crippen molar-refractivity contribution >= 4 is 23.2 Å². The largest absolute Gasteiger partial charge is 0.481 e. The standard InChI is InChI=1S/C16H16ClNO2/c1-11-8-9-13(17)10-15(11)20-12(2)16(19)18-14-6-4-3-5-7-14/h3-10,12H,1-2H3,(H,18,19). The molecule has 0 radical (unpaired) electrons. The summed E-state index contributed by atoms with van der Waals surface area (Å²) in [5, 5.41) is 3.38. The van der Waals surface area contributed by atoms with Crippen molar-refractivity contribution in [3.05, 3.63) is 59.1 Å². The molecule has 1 N–H and O–H groups in total. The highest BCUT2D eigenvalue weighted by molar-refractivity contribution is 6.30. The van der Waals surface area contributed by atoms with Crippen LogP contribution in [0.2, 0.25) is 5.02 Å². The van der Waals surface area contributed by atoms with Crippen LogP contribution in [0.1, 0.15) is 12.5 Å². The van der Waals surface area contributed by atoms with Crippen molar-refractivity contribution in [2.45, 2.75) is 20.0 Å². The third-order valence-corrected chi connectivity index (χ3v) is 3.10. The summed E-state index contributed by atoms with van der Waals surface area (Å²) >= 11 is 5.93. The monoisotopic (exact) mass is 289 g/mol. The lowest BCUT2D eigenvalue weighted by Gasteiger charge is -2.16. The van der Waals surface area contributed by atoms with Crippen molar-refractivity contribution in [1.82, 2.24) is 0 Å². The highest BCUT2D eigenvalue weighted by atomic mass is 35.5. The van der Waals surface area contributed by atoms with Gasteiger partial charge >= 0.3 is 0 Å². The van der Waals surface area contributed by atoms with Crippen LogP contribution in [0.3, 0.4) is 0 Å². The number of amides is 1. The van der Waals surface area contributed by atoms with Crippen LogP contribution in [0, 0.1) is 6.92 Å². The van der Waals surface area contributed by atoms with E-state index in [4.69, 9.17) is 16.3 Å². The lowest BCUT2D eigenvalue weighted by Crippen LogP contribution is -2.30. The van der Waals surface area contributed by atoms with E-state index in [2.05, 4.69) is 5.32 Å². The van der Waals surface area contributed by atoms with Gasteiger partial charge in [0.1, 0.15) is 5.75 Å².